The van der Waals surface area contributed by atoms with Crippen LogP contribution in [0.2, 0.25) is 19.6 Å². The summed E-state index contributed by atoms with van der Waals surface area (Å²) in [5.74, 6) is 0. The lowest BCUT2D eigenvalue weighted by atomic mass is 9.95. The standard InChI is InChI=1S/C16H32N2Si/c1-19(2,3)18(16-12-8-5-9-13-16)14-17-15-10-6-4-7-11-15/h14-16H,4-13H2,1-3H3. The Morgan fingerprint density at radius 2 is 1.37 bits per heavy atom. The number of hydrogen-bond donors (Lipinski definition) is 0. The number of aliphatic imine (C=N–C) groups is 1. The van der Waals surface area contributed by atoms with Crippen molar-refractivity contribution in [2.75, 3.05) is 0 Å². The molecule has 2 saturated carbocycles. The summed E-state index contributed by atoms with van der Waals surface area (Å²) < 4.78 is 2.70. The molecule has 2 aliphatic carbocycles. The zero-order valence-electron chi connectivity index (χ0n) is 13.2. The fourth-order valence-corrected chi connectivity index (χ4v) is 5.34. The highest BCUT2D eigenvalue weighted by Gasteiger charge is 2.29. The molecule has 0 spiro atoms. The van der Waals surface area contributed by atoms with Crippen molar-refractivity contribution < 1.29 is 0 Å². The summed E-state index contributed by atoms with van der Waals surface area (Å²) in [5.41, 5.74) is 0. The molecule has 0 bridgehead atoms. The molecule has 2 nitrogen and oxygen atoms in total. The van der Waals surface area contributed by atoms with E-state index in [0.29, 0.717) is 6.04 Å². The molecule has 2 fully saturated rings. The topological polar surface area (TPSA) is 15.6 Å². The Hall–Kier alpha value is -0.313. The van der Waals surface area contributed by atoms with Gasteiger partial charge in [-0.15, -0.1) is 0 Å². The van der Waals surface area contributed by atoms with Crippen molar-refractivity contribution in [2.24, 2.45) is 4.99 Å². The van der Waals surface area contributed by atoms with Crippen molar-refractivity contribution in [3.63, 3.8) is 0 Å². The summed E-state index contributed by atoms with van der Waals surface area (Å²) in [5, 5.41) is 0. The Balaban J connectivity index is 1.98. The first-order valence-electron chi connectivity index (χ1n) is 8.39. The maximum absolute atomic E-state index is 4.96. The molecule has 2 rings (SSSR count). The third kappa shape index (κ3) is 4.62. The molecule has 19 heavy (non-hydrogen) atoms. The van der Waals surface area contributed by atoms with E-state index in [4.69, 9.17) is 4.99 Å². The third-order valence-corrected chi connectivity index (χ3v) is 6.75. The van der Waals surface area contributed by atoms with Gasteiger partial charge in [0.05, 0.1) is 12.4 Å². The van der Waals surface area contributed by atoms with Gasteiger partial charge in [-0.25, -0.2) is 0 Å². The number of nitrogens with zero attached hydrogens (tertiary/aromatic N) is 2. The number of rotatable bonds is 4. The van der Waals surface area contributed by atoms with Gasteiger partial charge in [-0.05, 0) is 25.7 Å². The molecular weight excluding hydrogens is 248 g/mol. The van der Waals surface area contributed by atoms with Crippen LogP contribution in [0.3, 0.4) is 0 Å². The number of hydrogen-bond acceptors (Lipinski definition) is 1. The van der Waals surface area contributed by atoms with Crippen molar-refractivity contribution in [3.05, 3.63) is 0 Å². The van der Waals surface area contributed by atoms with Crippen LogP contribution in [-0.4, -0.2) is 31.2 Å². The maximum Gasteiger partial charge on any atom is 0.148 e. The molecule has 0 N–H and O–H groups in total. The van der Waals surface area contributed by atoms with E-state index in [1.807, 2.05) is 0 Å². The van der Waals surface area contributed by atoms with Crippen molar-refractivity contribution >= 4 is 14.6 Å². The van der Waals surface area contributed by atoms with Crippen LogP contribution in [0, 0.1) is 0 Å². The predicted octanol–water partition coefficient (Wildman–Crippen LogP) is 4.82. The largest absolute Gasteiger partial charge is 0.387 e. The molecule has 0 saturated heterocycles. The van der Waals surface area contributed by atoms with Gasteiger partial charge in [0, 0.05) is 6.04 Å². The summed E-state index contributed by atoms with van der Waals surface area (Å²) in [4.78, 5) is 4.96. The molecule has 0 radical (unpaired) electrons. The van der Waals surface area contributed by atoms with Gasteiger partial charge in [0.2, 0.25) is 0 Å². The molecule has 0 atom stereocenters. The highest BCUT2D eigenvalue weighted by molar-refractivity contribution is 6.75. The molecule has 0 unspecified atom stereocenters. The van der Waals surface area contributed by atoms with Crippen LogP contribution in [-0.2, 0) is 0 Å². The minimum absolute atomic E-state index is 0.621. The lowest BCUT2D eigenvalue weighted by molar-refractivity contribution is 0.325. The first-order chi connectivity index (χ1) is 9.07. The van der Waals surface area contributed by atoms with Crippen LogP contribution < -0.4 is 0 Å². The Morgan fingerprint density at radius 1 is 0.842 bits per heavy atom. The lowest BCUT2D eigenvalue weighted by Crippen LogP contribution is -2.51. The van der Waals surface area contributed by atoms with Crippen molar-refractivity contribution in [1.82, 2.24) is 4.57 Å². The van der Waals surface area contributed by atoms with E-state index in [2.05, 4.69) is 30.5 Å². The minimum Gasteiger partial charge on any atom is -0.387 e. The van der Waals surface area contributed by atoms with E-state index in [1.54, 1.807) is 0 Å². The molecule has 110 valence electrons. The van der Waals surface area contributed by atoms with Crippen molar-refractivity contribution in [3.8, 4) is 0 Å². The van der Waals surface area contributed by atoms with E-state index >= 15 is 0 Å². The molecule has 0 amide bonds. The van der Waals surface area contributed by atoms with Gasteiger partial charge in [0.1, 0.15) is 8.24 Å². The SMILES string of the molecule is C[Si](C)(C)N(C=NC1CCCCC1)C1CCCCC1. The fraction of sp³-hybridized carbons (Fsp3) is 0.938. The Kier molecular flexibility index (Phi) is 5.49. The van der Waals surface area contributed by atoms with Crippen LogP contribution >= 0.6 is 0 Å². The first kappa shape index (κ1) is 15.1. The maximum atomic E-state index is 4.96. The van der Waals surface area contributed by atoms with E-state index in [9.17, 15) is 0 Å². The molecule has 0 aliphatic heterocycles. The average Bonchev–Trinajstić information content (AvgIpc) is 2.40. The summed E-state index contributed by atoms with van der Waals surface area (Å²) in [6, 6.07) is 1.41. The first-order valence-corrected chi connectivity index (χ1v) is 11.8. The summed E-state index contributed by atoms with van der Waals surface area (Å²) in [6.07, 6.45) is 16.2. The highest BCUT2D eigenvalue weighted by atomic mass is 28.3. The second kappa shape index (κ2) is 6.92. The van der Waals surface area contributed by atoms with Gasteiger partial charge < -0.3 is 4.57 Å². The lowest BCUT2D eigenvalue weighted by Gasteiger charge is -2.41. The van der Waals surface area contributed by atoms with Crippen molar-refractivity contribution in [2.45, 2.75) is 95.9 Å². The molecule has 0 aromatic carbocycles. The zero-order chi connectivity index (χ0) is 13.7. The molecule has 2 aliphatic rings. The smallest absolute Gasteiger partial charge is 0.148 e. The van der Waals surface area contributed by atoms with Crippen LogP contribution in [0.5, 0.6) is 0 Å². The predicted molar refractivity (Wildman–Crippen MR) is 87.4 cm³/mol. The summed E-state index contributed by atoms with van der Waals surface area (Å²) >= 11 is 0. The second-order valence-corrected chi connectivity index (χ2v) is 12.3. The van der Waals surface area contributed by atoms with Gasteiger partial charge in [-0.3, -0.25) is 4.99 Å². The van der Waals surface area contributed by atoms with Gasteiger partial charge in [0.15, 0.2) is 0 Å². The second-order valence-electron chi connectivity index (χ2n) is 7.43. The van der Waals surface area contributed by atoms with Gasteiger partial charge in [0.25, 0.3) is 0 Å². The third-order valence-electron chi connectivity index (χ3n) is 4.72. The Labute approximate surface area is 120 Å². The highest BCUT2D eigenvalue weighted by Crippen LogP contribution is 2.26. The Bertz CT molecular complexity index is 284. The van der Waals surface area contributed by atoms with Gasteiger partial charge in [-0.2, -0.15) is 0 Å². The normalized spacial score (nSPS) is 23.9. The van der Waals surface area contributed by atoms with Crippen LogP contribution in [0.4, 0.5) is 0 Å². The molecule has 0 heterocycles. The average molecular weight is 281 g/mol. The zero-order valence-corrected chi connectivity index (χ0v) is 14.2. The molecule has 0 aromatic rings. The van der Waals surface area contributed by atoms with Gasteiger partial charge >= 0.3 is 0 Å². The van der Waals surface area contributed by atoms with E-state index < -0.39 is 8.24 Å². The molecule has 0 aromatic heterocycles. The summed E-state index contributed by atoms with van der Waals surface area (Å²) in [7, 11) is -1.27. The van der Waals surface area contributed by atoms with Crippen LogP contribution in [0.15, 0.2) is 4.99 Å². The Morgan fingerprint density at radius 3 is 1.89 bits per heavy atom. The van der Waals surface area contributed by atoms with E-state index in [1.165, 1.54) is 64.2 Å². The minimum atomic E-state index is -1.27. The summed E-state index contributed by atoms with van der Waals surface area (Å²) in [6.45, 7) is 7.40. The van der Waals surface area contributed by atoms with Crippen molar-refractivity contribution in [1.29, 1.82) is 0 Å². The monoisotopic (exact) mass is 280 g/mol. The van der Waals surface area contributed by atoms with E-state index in [0.717, 1.165) is 6.04 Å². The molecule has 3 heteroatoms. The van der Waals surface area contributed by atoms with Crippen LogP contribution in [0.25, 0.3) is 0 Å². The quantitative estimate of drug-likeness (QED) is 0.409. The molecular formula is C16H32N2Si. The fourth-order valence-electron chi connectivity index (χ4n) is 3.57. The van der Waals surface area contributed by atoms with Crippen LogP contribution in [0.1, 0.15) is 64.2 Å². The van der Waals surface area contributed by atoms with E-state index in [-0.39, 0.29) is 0 Å². The van der Waals surface area contributed by atoms with Gasteiger partial charge in [-0.1, -0.05) is 58.2 Å².